The van der Waals surface area contributed by atoms with E-state index in [0.717, 1.165) is 11.8 Å². The number of rotatable bonds is 4. The lowest BCUT2D eigenvalue weighted by Crippen LogP contribution is -2.49. The van der Waals surface area contributed by atoms with Gasteiger partial charge in [0.2, 0.25) is 0 Å². The number of ether oxygens (including phenoxy) is 1. The molecule has 1 aliphatic heterocycles. The van der Waals surface area contributed by atoms with Crippen molar-refractivity contribution in [1.29, 1.82) is 0 Å². The number of halogens is 4. The minimum atomic E-state index is -4.70. The zero-order valence-corrected chi connectivity index (χ0v) is 19.9. The van der Waals surface area contributed by atoms with E-state index >= 15 is 0 Å². The third kappa shape index (κ3) is 4.56. The molecule has 0 atom stereocenters. The van der Waals surface area contributed by atoms with Crippen molar-refractivity contribution in [3.05, 3.63) is 77.1 Å². The number of carbonyl (C=O) groups is 1. The molecule has 0 aliphatic carbocycles. The van der Waals surface area contributed by atoms with Gasteiger partial charge in [0.15, 0.2) is 17.0 Å². The van der Waals surface area contributed by atoms with Crippen molar-refractivity contribution in [3.63, 3.8) is 0 Å². The van der Waals surface area contributed by atoms with Gasteiger partial charge in [0.1, 0.15) is 5.75 Å². The van der Waals surface area contributed by atoms with Crippen molar-refractivity contribution in [2.24, 2.45) is 0 Å². The summed E-state index contributed by atoms with van der Waals surface area (Å²) in [7, 11) is 1.50. The Kier molecular flexibility index (Phi) is 6.21. The molecule has 0 bridgehead atoms. The predicted molar refractivity (Wildman–Crippen MR) is 130 cm³/mol. The maximum Gasteiger partial charge on any atom is 0.433 e. The maximum atomic E-state index is 13.9. The van der Waals surface area contributed by atoms with Crippen molar-refractivity contribution in [1.82, 2.24) is 19.5 Å². The van der Waals surface area contributed by atoms with Crippen molar-refractivity contribution in [3.8, 4) is 17.0 Å². The Balaban J connectivity index is 1.43. The number of methoxy groups -OCH3 is 1. The number of amides is 1. The molecule has 186 valence electrons. The Labute approximate surface area is 209 Å². The minimum Gasteiger partial charge on any atom is -0.497 e. The van der Waals surface area contributed by atoms with Crippen molar-refractivity contribution < 1.29 is 22.7 Å². The summed E-state index contributed by atoms with van der Waals surface area (Å²) in [5, 5.41) is 4.62. The number of anilines is 1. The van der Waals surface area contributed by atoms with Gasteiger partial charge in [-0.3, -0.25) is 4.79 Å². The minimum absolute atomic E-state index is 0.0614. The first-order valence-electron chi connectivity index (χ1n) is 11.2. The Hall–Kier alpha value is -3.79. The van der Waals surface area contributed by atoms with Crippen LogP contribution in [0.2, 0.25) is 5.02 Å². The Morgan fingerprint density at radius 2 is 1.69 bits per heavy atom. The molecule has 1 saturated heterocycles. The second-order valence-electron chi connectivity index (χ2n) is 8.28. The summed E-state index contributed by atoms with van der Waals surface area (Å²) < 4.78 is 47.5. The molecule has 36 heavy (non-hydrogen) atoms. The molecule has 5 rings (SSSR count). The van der Waals surface area contributed by atoms with Gasteiger partial charge in [0, 0.05) is 37.8 Å². The Bertz CT molecular complexity index is 1410. The molecule has 3 heterocycles. The number of hydrogen-bond donors (Lipinski definition) is 0. The standard InChI is InChI=1S/C25H21ClF3N5O2/c1-36-17-8-6-16(7-9-17)19-14-22(25(27,28)29)34-23(30-19)15-20(31-34)24(35)33-12-10-32(11-13-33)21-5-3-2-4-18(21)26/h2-9,14-15H,10-13H2,1H3. The lowest BCUT2D eigenvalue weighted by atomic mass is 10.1. The second-order valence-corrected chi connectivity index (χ2v) is 8.69. The van der Waals surface area contributed by atoms with Crippen LogP contribution < -0.4 is 9.64 Å². The number of piperazine rings is 1. The van der Waals surface area contributed by atoms with Crippen LogP contribution in [0.15, 0.2) is 60.7 Å². The normalized spacial score (nSPS) is 14.4. The number of hydrogen-bond acceptors (Lipinski definition) is 5. The van der Waals surface area contributed by atoms with Crippen LogP contribution in [0, 0.1) is 0 Å². The molecule has 2 aromatic carbocycles. The quantitative estimate of drug-likeness (QED) is 0.381. The molecule has 1 amide bonds. The monoisotopic (exact) mass is 515 g/mol. The molecular weight excluding hydrogens is 495 g/mol. The summed E-state index contributed by atoms with van der Waals surface area (Å²) in [5.41, 5.74) is 0.308. The van der Waals surface area contributed by atoms with Crippen LogP contribution in [-0.4, -0.2) is 58.7 Å². The van der Waals surface area contributed by atoms with E-state index in [4.69, 9.17) is 16.3 Å². The van der Waals surface area contributed by atoms with Gasteiger partial charge in [-0.15, -0.1) is 0 Å². The topological polar surface area (TPSA) is 63.0 Å². The van der Waals surface area contributed by atoms with E-state index in [0.29, 0.717) is 47.0 Å². The highest BCUT2D eigenvalue weighted by molar-refractivity contribution is 6.33. The van der Waals surface area contributed by atoms with Gasteiger partial charge in [0.05, 0.1) is 23.5 Å². The highest BCUT2D eigenvalue weighted by Gasteiger charge is 2.36. The summed E-state index contributed by atoms with van der Waals surface area (Å²) in [6.07, 6.45) is -4.70. The van der Waals surface area contributed by atoms with Crippen LogP contribution in [0.4, 0.5) is 18.9 Å². The zero-order chi connectivity index (χ0) is 25.4. The molecule has 1 fully saturated rings. The summed E-state index contributed by atoms with van der Waals surface area (Å²) >= 11 is 6.28. The number of benzene rings is 2. The number of carbonyl (C=O) groups excluding carboxylic acids is 1. The molecule has 7 nitrogen and oxygen atoms in total. The molecule has 0 saturated carbocycles. The van der Waals surface area contributed by atoms with Gasteiger partial charge in [-0.1, -0.05) is 23.7 Å². The van der Waals surface area contributed by atoms with Gasteiger partial charge < -0.3 is 14.5 Å². The van der Waals surface area contributed by atoms with E-state index < -0.39 is 17.8 Å². The first kappa shape index (κ1) is 23.9. The van der Waals surface area contributed by atoms with Crippen LogP contribution in [-0.2, 0) is 6.18 Å². The first-order chi connectivity index (χ1) is 17.2. The highest BCUT2D eigenvalue weighted by atomic mass is 35.5. The molecular formula is C25H21ClF3N5O2. The summed E-state index contributed by atoms with van der Waals surface area (Å²) in [6.45, 7) is 1.84. The van der Waals surface area contributed by atoms with Crippen molar-refractivity contribution in [2.45, 2.75) is 6.18 Å². The lowest BCUT2D eigenvalue weighted by Gasteiger charge is -2.36. The SMILES string of the molecule is COc1ccc(-c2cc(C(F)(F)F)n3nc(C(=O)N4CCN(c5ccccc5Cl)CC4)cc3n2)cc1. The number of nitrogens with zero attached hydrogens (tertiary/aromatic N) is 5. The summed E-state index contributed by atoms with van der Waals surface area (Å²) in [4.78, 5) is 21.1. The van der Waals surface area contributed by atoms with E-state index in [9.17, 15) is 18.0 Å². The van der Waals surface area contributed by atoms with Gasteiger partial charge in [-0.25, -0.2) is 9.50 Å². The van der Waals surface area contributed by atoms with E-state index in [1.54, 1.807) is 35.2 Å². The first-order valence-corrected chi connectivity index (χ1v) is 11.5. The zero-order valence-electron chi connectivity index (χ0n) is 19.2. The van der Waals surface area contributed by atoms with Crippen LogP contribution in [0.25, 0.3) is 16.9 Å². The van der Waals surface area contributed by atoms with Gasteiger partial charge in [-0.2, -0.15) is 18.3 Å². The van der Waals surface area contributed by atoms with Crippen LogP contribution in [0.5, 0.6) is 5.75 Å². The second kappa shape index (κ2) is 9.34. The molecule has 0 radical (unpaired) electrons. The van der Waals surface area contributed by atoms with E-state index in [2.05, 4.69) is 15.0 Å². The third-order valence-electron chi connectivity index (χ3n) is 6.08. The largest absolute Gasteiger partial charge is 0.497 e. The lowest BCUT2D eigenvalue weighted by molar-refractivity contribution is -0.142. The van der Waals surface area contributed by atoms with E-state index in [1.165, 1.54) is 13.2 Å². The summed E-state index contributed by atoms with van der Waals surface area (Å²) in [6, 6.07) is 16.2. The number of aromatic nitrogens is 3. The fraction of sp³-hybridized carbons (Fsp3) is 0.240. The third-order valence-corrected chi connectivity index (χ3v) is 6.40. The van der Waals surface area contributed by atoms with E-state index in [1.807, 2.05) is 18.2 Å². The summed E-state index contributed by atoms with van der Waals surface area (Å²) in [5.74, 6) is 0.126. The molecule has 0 unspecified atom stereocenters. The highest BCUT2D eigenvalue weighted by Crippen LogP contribution is 2.33. The van der Waals surface area contributed by atoms with Gasteiger partial charge in [-0.05, 0) is 42.5 Å². The number of para-hydroxylation sites is 1. The molecule has 0 N–H and O–H groups in total. The van der Waals surface area contributed by atoms with E-state index in [-0.39, 0.29) is 17.0 Å². The number of fused-ring (bicyclic) bond motifs is 1. The van der Waals surface area contributed by atoms with Crippen molar-refractivity contribution >= 4 is 28.8 Å². The fourth-order valence-electron chi connectivity index (χ4n) is 4.21. The van der Waals surface area contributed by atoms with Crippen molar-refractivity contribution in [2.75, 3.05) is 38.2 Å². The Morgan fingerprint density at radius 3 is 2.33 bits per heavy atom. The van der Waals surface area contributed by atoms with Gasteiger partial charge >= 0.3 is 6.18 Å². The molecule has 1 aliphatic rings. The maximum absolute atomic E-state index is 13.9. The fourth-order valence-corrected chi connectivity index (χ4v) is 4.47. The van der Waals surface area contributed by atoms with Crippen LogP contribution in [0.3, 0.4) is 0 Å². The Morgan fingerprint density at radius 1 is 1.00 bits per heavy atom. The van der Waals surface area contributed by atoms with Crippen LogP contribution in [0.1, 0.15) is 16.2 Å². The molecule has 2 aromatic heterocycles. The molecule has 0 spiro atoms. The molecule has 11 heteroatoms. The van der Waals surface area contributed by atoms with Crippen LogP contribution >= 0.6 is 11.6 Å². The smallest absolute Gasteiger partial charge is 0.433 e. The average Bonchev–Trinajstić information content (AvgIpc) is 3.32. The average molecular weight is 516 g/mol. The predicted octanol–water partition coefficient (Wildman–Crippen LogP) is 5.04. The van der Waals surface area contributed by atoms with Gasteiger partial charge in [0.25, 0.3) is 5.91 Å². The molecule has 4 aromatic rings. The number of alkyl halides is 3.